The topological polar surface area (TPSA) is 108 Å². The number of nitrogens with one attached hydrogen (secondary N) is 1. The Morgan fingerprint density at radius 1 is 1.31 bits per heavy atom. The number of hydrogen-bond acceptors (Lipinski definition) is 4. The van der Waals surface area contributed by atoms with E-state index in [2.05, 4.69) is 20.3 Å². The van der Waals surface area contributed by atoms with Crippen LogP contribution >= 0.6 is 0 Å². The molecule has 2 aromatic rings. The van der Waals surface area contributed by atoms with Gasteiger partial charge in [-0.3, -0.25) is 14.6 Å². The fourth-order valence-corrected chi connectivity index (χ4v) is 3.40. The number of ketones is 1. The largest absolute Gasteiger partial charge is 0.356 e. The second-order valence-electron chi connectivity index (χ2n) is 6.36. The van der Waals surface area contributed by atoms with Gasteiger partial charge in [-0.25, -0.2) is 0 Å². The molecule has 1 amide bonds. The summed E-state index contributed by atoms with van der Waals surface area (Å²) in [5, 5.41) is 6.55. The highest BCUT2D eigenvalue weighted by atomic mass is 16.1. The Hall–Kier alpha value is -3.18. The summed E-state index contributed by atoms with van der Waals surface area (Å²) in [6.45, 7) is 2.03. The van der Waals surface area contributed by atoms with Gasteiger partial charge in [0.05, 0.1) is 0 Å². The van der Waals surface area contributed by atoms with E-state index in [0.717, 1.165) is 23.1 Å². The van der Waals surface area contributed by atoms with Gasteiger partial charge in [0.1, 0.15) is 5.69 Å². The molecule has 7 nitrogen and oxygen atoms in total. The van der Waals surface area contributed by atoms with E-state index in [4.69, 9.17) is 5.53 Å². The van der Waals surface area contributed by atoms with Crippen molar-refractivity contribution in [3.63, 3.8) is 0 Å². The first-order chi connectivity index (χ1) is 12.6. The van der Waals surface area contributed by atoms with E-state index < -0.39 is 0 Å². The van der Waals surface area contributed by atoms with Crippen molar-refractivity contribution >= 4 is 17.4 Å². The van der Waals surface area contributed by atoms with Crippen LogP contribution in [0, 0.1) is 5.92 Å². The third kappa shape index (κ3) is 3.73. The average molecular weight is 349 g/mol. The number of hydrogen-bond donors (Lipinski definition) is 1. The van der Waals surface area contributed by atoms with Gasteiger partial charge in [0, 0.05) is 36.7 Å². The molecule has 7 heteroatoms. The number of nitrogens with zero attached hydrogens (tertiary/aromatic N) is 4. The van der Waals surface area contributed by atoms with E-state index in [1.54, 1.807) is 12.3 Å². The second kappa shape index (κ2) is 7.80. The zero-order valence-corrected chi connectivity index (χ0v) is 14.5. The predicted octanol–water partition coefficient (Wildman–Crippen LogP) is 3.96. The molecule has 1 N–H and O–H groups in total. The highest BCUT2D eigenvalue weighted by Gasteiger charge is 2.28. The van der Waals surface area contributed by atoms with Gasteiger partial charge in [0.2, 0.25) is 5.91 Å². The molecule has 0 radical (unpaired) electrons. The minimum Gasteiger partial charge on any atom is -0.356 e. The molecule has 1 heterocycles. The Morgan fingerprint density at radius 3 is 2.88 bits per heavy atom. The number of amides is 1. The monoisotopic (exact) mass is 349 g/mol. The minimum absolute atomic E-state index is 0.0159. The lowest BCUT2D eigenvalue weighted by Gasteiger charge is -2.25. The highest BCUT2D eigenvalue weighted by Crippen LogP contribution is 2.37. The molecule has 1 aliphatic rings. The molecule has 132 valence electrons. The lowest BCUT2D eigenvalue weighted by atomic mass is 9.80. The number of fused-ring (bicyclic) bond motifs is 1. The van der Waals surface area contributed by atoms with Crippen LogP contribution < -0.4 is 5.32 Å². The first-order valence-corrected chi connectivity index (χ1v) is 8.50. The standard InChI is InChI=1S/C19H19N5O2/c1-12(25)21-8-6-13-10-16-14(7-9-22-19(16)18(26)11-13)15-4-2-3-5-17(15)23-24-20/h2-5,7,9,13H,6,8,10-11H2,1H3,(H,21,25). The molecule has 0 spiro atoms. The van der Waals surface area contributed by atoms with Gasteiger partial charge in [0.15, 0.2) is 5.78 Å². The van der Waals surface area contributed by atoms with E-state index in [9.17, 15) is 9.59 Å². The van der Waals surface area contributed by atoms with Crippen LogP contribution in [0.25, 0.3) is 21.6 Å². The van der Waals surface area contributed by atoms with Gasteiger partial charge >= 0.3 is 0 Å². The van der Waals surface area contributed by atoms with Crippen LogP contribution in [0.3, 0.4) is 0 Å². The van der Waals surface area contributed by atoms with Gasteiger partial charge in [-0.1, -0.05) is 29.4 Å². The number of pyridine rings is 1. The van der Waals surface area contributed by atoms with Crippen molar-refractivity contribution in [3.05, 3.63) is 58.2 Å². The second-order valence-corrected chi connectivity index (χ2v) is 6.36. The number of carbonyl (C=O) groups is 2. The van der Waals surface area contributed by atoms with Gasteiger partial charge < -0.3 is 5.32 Å². The van der Waals surface area contributed by atoms with Gasteiger partial charge in [0.25, 0.3) is 0 Å². The number of rotatable bonds is 5. The van der Waals surface area contributed by atoms with E-state index in [1.807, 2.05) is 24.3 Å². The molecule has 1 aromatic heterocycles. The third-order valence-electron chi connectivity index (χ3n) is 4.56. The van der Waals surface area contributed by atoms with Gasteiger partial charge in [-0.2, -0.15) is 0 Å². The third-order valence-corrected chi connectivity index (χ3v) is 4.56. The SMILES string of the molecule is CC(=O)NCCC1CC(=O)c2nccc(-c3ccccc3N=[N+]=[N-])c2C1. The number of azide groups is 1. The summed E-state index contributed by atoms with van der Waals surface area (Å²) >= 11 is 0. The zero-order chi connectivity index (χ0) is 18.5. The summed E-state index contributed by atoms with van der Waals surface area (Å²) in [6, 6.07) is 9.17. The van der Waals surface area contributed by atoms with Crippen LogP contribution in [0.15, 0.2) is 41.6 Å². The lowest BCUT2D eigenvalue weighted by molar-refractivity contribution is -0.118. The maximum atomic E-state index is 12.6. The number of carbonyl (C=O) groups excluding carboxylic acids is 2. The number of aromatic nitrogens is 1. The molecule has 0 aliphatic heterocycles. The van der Waals surface area contributed by atoms with Crippen LogP contribution in [0.2, 0.25) is 0 Å². The molecule has 0 bridgehead atoms. The Balaban J connectivity index is 1.97. The quantitative estimate of drug-likeness (QED) is 0.501. The fraction of sp³-hybridized carbons (Fsp3) is 0.316. The summed E-state index contributed by atoms with van der Waals surface area (Å²) < 4.78 is 0. The smallest absolute Gasteiger partial charge is 0.216 e. The van der Waals surface area contributed by atoms with Gasteiger partial charge in [-0.05, 0) is 47.0 Å². The fourth-order valence-electron chi connectivity index (χ4n) is 3.40. The molecule has 3 rings (SSSR count). The Labute approximate surface area is 151 Å². The highest BCUT2D eigenvalue weighted by molar-refractivity contribution is 5.99. The summed E-state index contributed by atoms with van der Waals surface area (Å²) in [6.07, 6.45) is 3.49. The van der Waals surface area contributed by atoms with Crippen LogP contribution in [0.5, 0.6) is 0 Å². The van der Waals surface area contributed by atoms with E-state index in [-0.39, 0.29) is 17.6 Å². The Morgan fingerprint density at radius 2 is 2.12 bits per heavy atom. The molecule has 26 heavy (non-hydrogen) atoms. The van der Waals surface area contributed by atoms with Crippen LogP contribution in [0.1, 0.15) is 35.8 Å². The maximum absolute atomic E-state index is 12.6. The van der Waals surface area contributed by atoms with Crippen molar-refractivity contribution in [1.82, 2.24) is 10.3 Å². The van der Waals surface area contributed by atoms with E-state index in [0.29, 0.717) is 30.8 Å². The van der Waals surface area contributed by atoms with Crippen molar-refractivity contribution in [3.8, 4) is 11.1 Å². The van der Waals surface area contributed by atoms with Crippen molar-refractivity contribution < 1.29 is 9.59 Å². The molecule has 1 unspecified atom stereocenters. The maximum Gasteiger partial charge on any atom is 0.216 e. The van der Waals surface area contributed by atoms with Crippen molar-refractivity contribution in [1.29, 1.82) is 0 Å². The summed E-state index contributed by atoms with van der Waals surface area (Å²) in [5.41, 5.74) is 12.4. The number of benzene rings is 1. The predicted molar refractivity (Wildman–Crippen MR) is 97.9 cm³/mol. The Kier molecular flexibility index (Phi) is 5.29. The molecular weight excluding hydrogens is 330 g/mol. The average Bonchev–Trinajstić information content (AvgIpc) is 2.62. The first-order valence-electron chi connectivity index (χ1n) is 8.50. The van der Waals surface area contributed by atoms with Crippen molar-refractivity contribution in [2.24, 2.45) is 11.0 Å². The van der Waals surface area contributed by atoms with Crippen LogP contribution in [-0.2, 0) is 11.2 Å². The minimum atomic E-state index is -0.0711. The van der Waals surface area contributed by atoms with Gasteiger partial charge in [-0.15, -0.1) is 0 Å². The van der Waals surface area contributed by atoms with Crippen molar-refractivity contribution in [2.45, 2.75) is 26.2 Å². The normalized spacial score (nSPS) is 15.7. The van der Waals surface area contributed by atoms with E-state index in [1.165, 1.54) is 6.92 Å². The molecule has 0 saturated heterocycles. The molecule has 0 fully saturated rings. The Bertz CT molecular complexity index is 903. The molecule has 0 saturated carbocycles. The molecule has 1 aromatic carbocycles. The van der Waals surface area contributed by atoms with Crippen LogP contribution in [0.4, 0.5) is 5.69 Å². The zero-order valence-electron chi connectivity index (χ0n) is 14.5. The molecular formula is C19H19N5O2. The van der Waals surface area contributed by atoms with Crippen LogP contribution in [-0.4, -0.2) is 23.2 Å². The molecule has 1 aliphatic carbocycles. The summed E-state index contributed by atoms with van der Waals surface area (Å²) in [4.78, 5) is 30.8. The summed E-state index contributed by atoms with van der Waals surface area (Å²) in [5.74, 6) is 0.0943. The van der Waals surface area contributed by atoms with E-state index >= 15 is 0 Å². The molecule has 1 atom stereocenters. The number of Topliss-reactive ketones (excluding diaryl/α,β-unsaturated/α-hetero) is 1. The first kappa shape index (κ1) is 17.6. The lowest BCUT2D eigenvalue weighted by Crippen LogP contribution is -2.27. The van der Waals surface area contributed by atoms with Crippen molar-refractivity contribution in [2.75, 3.05) is 6.54 Å². The summed E-state index contributed by atoms with van der Waals surface area (Å²) in [7, 11) is 0.